The third-order valence-corrected chi connectivity index (χ3v) is 4.37. The van der Waals surface area contributed by atoms with Gasteiger partial charge in [0.1, 0.15) is 0 Å². The van der Waals surface area contributed by atoms with Gasteiger partial charge in [-0.3, -0.25) is 4.79 Å². The molecule has 3 nitrogen and oxygen atoms in total. The predicted molar refractivity (Wildman–Crippen MR) is 80.2 cm³/mol. The summed E-state index contributed by atoms with van der Waals surface area (Å²) in [6, 6.07) is 6.44. The van der Waals surface area contributed by atoms with Crippen LogP contribution in [0.3, 0.4) is 0 Å². The second-order valence-electron chi connectivity index (χ2n) is 5.75. The van der Waals surface area contributed by atoms with Gasteiger partial charge in [-0.15, -0.1) is 12.4 Å². The van der Waals surface area contributed by atoms with Crippen molar-refractivity contribution in [1.82, 2.24) is 5.32 Å². The fourth-order valence-corrected chi connectivity index (χ4v) is 3.14. The molecule has 0 radical (unpaired) electrons. The average molecular weight is 281 g/mol. The van der Waals surface area contributed by atoms with Gasteiger partial charge in [0, 0.05) is 5.69 Å². The fourth-order valence-electron chi connectivity index (χ4n) is 3.14. The molecule has 2 N–H and O–H groups in total. The first-order chi connectivity index (χ1) is 8.63. The highest BCUT2D eigenvalue weighted by Gasteiger charge is 2.47. The lowest BCUT2D eigenvalue weighted by atomic mass is 9.73. The molecule has 0 saturated carbocycles. The van der Waals surface area contributed by atoms with Crippen LogP contribution in [0.25, 0.3) is 0 Å². The number of anilines is 1. The molecular formula is C15H21ClN2O. The highest BCUT2D eigenvalue weighted by atomic mass is 35.5. The highest BCUT2D eigenvalue weighted by Crippen LogP contribution is 2.44. The van der Waals surface area contributed by atoms with Crippen molar-refractivity contribution in [3.8, 4) is 0 Å². The Labute approximate surface area is 120 Å². The quantitative estimate of drug-likeness (QED) is 0.831. The molecule has 1 aromatic rings. The summed E-state index contributed by atoms with van der Waals surface area (Å²) < 4.78 is 0. The number of hydrogen-bond donors (Lipinski definition) is 2. The van der Waals surface area contributed by atoms with Gasteiger partial charge in [0.25, 0.3) is 0 Å². The monoisotopic (exact) mass is 280 g/mol. The van der Waals surface area contributed by atoms with E-state index in [0.29, 0.717) is 5.92 Å². The molecule has 2 heterocycles. The van der Waals surface area contributed by atoms with Crippen molar-refractivity contribution in [2.75, 3.05) is 18.4 Å². The number of rotatable bonds is 1. The number of carbonyl (C=O) groups is 1. The molecule has 1 saturated heterocycles. The van der Waals surface area contributed by atoms with E-state index < -0.39 is 0 Å². The van der Waals surface area contributed by atoms with E-state index in [0.717, 1.165) is 31.6 Å². The van der Waals surface area contributed by atoms with Crippen molar-refractivity contribution in [2.24, 2.45) is 0 Å². The van der Waals surface area contributed by atoms with Crippen LogP contribution in [0.1, 0.15) is 43.7 Å². The Bertz CT molecular complexity index is 493. The van der Waals surface area contributed by atoms with Gasteiger partial charge < -0.3 is 10.6 Å². The Morgan fingerprint density at radius 3 is 2.53 bits per heavy atom. The van der Waals surface area contributed by atoms with E-state index in [2.05, 4.69) is 42.7 Å². The zero-order valence-electron chi connectivity index (χ0n) is 11.5. The number of amides is 1. The van der Waals surface area contributed by atoms with Crippen LogP contribution in [-0.2, 0) is 10.2 Å². The third-order valence-electron chi connectivity index (χ3n) is 4.37. The topological polar surface area (TPSA) is 41.1 Å². The number of benzene rings is 1. The van der Waals surface area contributed by atoms with Crippen LogP contribution in [0.5, 0.6) is 0 Å². The number of nitrogens with one attached hydrogen (secondary N) is 2. The number of halogens is 1. The summed E-state index contributed by atoms with van der Waals surface area (Å²) in [5.41, 5.74) is 3.29. The zero-order valence-corrected chi connectivity index (χ0v) is 12.3. The molecule has 19 heavy (non-hydrogen) atoms. The standard InChI is InChI=1S/C15H20N2O.ClH/c1-10(2)11-3-4-13-12(9-11)15(14(18)17-13)5-7-16-8-6-15;/h3-4,9-10,16H,5-8H2,1-2H3,(H,17,18);1H. The maximum atomic E-state index is 12.4. The maximum absolute atomic E-state index is 12.4. The van der Waals surface area contributed by atoms with E-state index in [1.807, 2.05) is 0 Å². The van der Waals surface area contributed by atoms with Gasteiger partial charge >= 0.3 is 0 Å². The molecule has 2 aliphatic heterocycles. The van der Waals surface area contributed by atoms with Gasteiger partial charge in [-0.1, -0.05) is 26.0 Å². The lowest BCUT2D eigenvalue weighted by Gasteiger charge is -2.32. The molecule has 4 heteroatoms. The van der Waals surface area contributed by atoms with Crippen LogP contribution in [0.15, 0.2) is 18.2 Å². The molecule has 104 valence electrons. The molecule has 0 bridgehead atoms. The van der Waals surface area contributed by atoms with Crippen molar-refractivity contribution >= 4 is 24.0 Å². The number of piperidine rings is 1. The van der Waals surface area contributed by atoms with Gasteiger partial charge in [0.05, 0.1) is 5.41 Å². The summed E-state index contributed by atoms with van der Waals surface area (Å²) in [5.74, 6) is 0.699. The van der Waals surface area contributed by atoms with Crippen LogP contribution < -0.4 is 10.6 Å². The first-order valence-electron chi connectivity index (χ1n) is 6.80. The number of carbonyl (C=O) groups excluding carboxylic acids is 1. The van der Waals surface area contributed by atoms with Crippen LogP contribution in [0.2, 0.25) is 0 Å². The van der Waals surface area contributed by atoms with E-state index in [1.54, 1.807) is 0 Å². The van der Waals surface area contributed by atoms with Gasteiger partial charge in [-0.05, 0) is 49.0 Å². The molecule has 0 aromatic heterocycles. The summed E-state index contributed by atoms with van der Waals surface area (Å²) in [5, 5.41) is 6.40. The van der Waals surface area contributed by atoms with Crippen LogP contribution in [0, 0.1) is 0 Å². The molecule has 1 aromatic carbocycles. The van der Waals surface area contributed by atoms with Crippen molar-refractivity contribution < 1.29 is 4.79 Å². The zero-order chi connectivity index (χ0) is 12.8. The molecule has 1 spiro atoms. The number of hydrogen-bond acceptors (Lipinski definition) is 2. The Morgan fingerprint density at radius 2 is 1.89 bits per heavy atom. The van der Waals surface area contributed by atoms with E-state index >= 15 is 0 Å². The molecule has 0 atom stereocenters. The molecule has 3 rings (SSSR count). The summed E-state index contributed by atoms with van der Waals surface area (Å²) in [6.45, 7) is 6.25. The molecule has 2 aliphatic rings. The summed E-state index contributed by atoms with van der Waals surface area (Å²) in [7, 11) is 0. The second-order valence-corrected chi connectivity index (χ2v) is 5.75. The highest BCUT2D eigenvalue weighted by molar-refractivity contribution is 6.06. The average Bonchev–Trinajstić information content (AvgIpc) is 2.63. The van der Waals surface area contributed by atoms with E-state index in [9.17, 15) is 4.79 Å². The van der Waals surface area contributed by atoms with Crippen LogP contribution in [-0.4, -0.2) is 19.0 Å². The smallest absolute Gasteiger partial charge is 0.235 e. The fraction of sp³-hybridized carbons (Fsp3) is 0.533. The summed E-state index contributed by atoms with van der Waals surface area (Å²) >= 11 is 0. The molecular weight excluding hydrogens is 260 g/mol. The first-order valence-corrected chi connectivity index (χ1v) is 6.80. The molecule has 0 unspecified atom stereocenters. The first kappa shape index (κ1) is 14.4. The van der Waals surface area contributed by atoms with Crippen molar-refractivity contribution in [1.29, 1.82) is 0 Å². The molecule has 1 amide bonds. The van der Waals surface area contributed by atoms with E-state index in [1.165, 1.54) is 11.1 Å². The Morgan fingerprint density at radius 1 is 1.21 bits per heavy atom. The van der Waals surface area contributed by atoms with Crippen molar-refractivity contribution in [3.05, 3.63) is 29.3 Å². The minimum atomic E-state index is -0.272. The lowest BCUT2D eigenvalue weighted by Crippen LogP contribution is -2.44. The number of fused-ring (bicyclic) bond motifs is 2. The maximum Gasteiger partial charge on any atom is 0.235 e. The Hall–Kier alpha value is -1.06. The normalized spacial score (nSPS) is 20.1. The largest absolute Gasteiger partial charge is 0.325 e. The minimum Gasteiger partial charge on any atom is -0.325 e. The lowest BCUT2D eigenvalue weighted by molar-refractivity contribution is -0.121. The van der Waals surface area contributed by atoms with Crippen molar-refractivity contribution in [2.45, 2.75) is 38.0 Å². The molecule has 1 fully saturated rings. The molecule has 0 aliphatic carbocycles. The second kappa shape index (κ2) is 5.14. The Kier molecular flexibility index (Phi) is 3.88. The van der Waals surface area contributed by atoms with E-state index in [-0.39, 0.29) is 23.7 Å². The van der Waals surface area contributed by atoms with Gasteiger partial charge in [-0.2, -0.15) is 0 Å². The van der Waals surface area contributed by atoms with Gasteiger partial charge in [0.2, 0.25) is 5.91 Å². The SMILES string of the molecule is CC(C)c1ccc2c(c1)C1(CCNCC1)C(=O)N2.Cl. The Balaban J connectivity index is 0.00000133. The van der Waals surface area contributed by atoms with Crippen molar-refractivity contribution in [3.63, 3.8) is 0 Å². The van der Waals surface area contributed by atoms with Gasteiger partial charge in [0.15, 0.2) is 0 Å². The predicted octanol–water partition coefficient (Wildman–Crippen LogP) is 2.81. The summed E-state index contributed by atoms with van der Waals surface area (Å²) in [4.78, 5) is 12.4. The minimum absolute atomic E-state index is 0. The van der Waals surface area contributed by atoms with Gasteiger partial charge in [-0.25, -0.2) is 0 Å². The van der Waals surface area contributed by atoms with Crippen LogP contribution >= 0.6 is 12.4 Å². The third kappa shape index (κ3) is 2.15. The van der Waals surface area contributed by atoms with E-state index in [4.69, 9.17) is 0 Å². The summed E-state index contributed by atoms with van der Waals surface area (Å²) in [6.07, 6.45) is 1.82. The van der Waals surface area contributed by atoms with Crippen LogP contribution in [0.4, 0.5) is 5.69 Å².